The molecule has 0 spiro atoms. The highest BCUT2D eigenvalue weighted by atomic mass is 16.5. The molecule has 0 bridgehead atoms. The molecule has 0 saturated carbocycles. The minimum atomic E-state index is -0.944. The van der Waals surface area contributed by atoms with Gasteiger partial charge in [-0.15, -0.1) is 0 Å². The molecule has 416 valence electrons. The molecule has 0 fully saturated rings. The average Bonchev–Trinajstić information content (AvgIpc) is 3.67. The third-order valence-corrected chi connectivity index (χ3v) is 15.9. The minimum Gasteiger partial charge on any atom is -0.494 e. The lowest BCUT2D eigenvalue weighted by molar-refractivity contribution is 0.157. The fourth-order valence-electron chi connectivity index (χ4n) is 11.2. The highest BCUT2D eigenvalue weighted by Gasteiger charge is 2.42. The van der Waals surface area contributed by atoms with Crippen LogP contribution in [-0.4, -0.2) is 26.4 Å². The first-order chi connectivity index (χ1) is 38.5. The molecule has 2 aliphatic heterocycles. The van der Waals surface area contributed by atoms with Gasteiger partial charge >= 0.3 is 0 Å². The Bertz CT molecular complexity index is 2420. The molecular formula is C72H92O6. The van der Waals surface area contributed by atoms with Gasteiger partial charge in [-0.25, -0.2) is 0 Å². The van der Waals surface area contributed by atoms with Crippen LogP contribution >= 0.6 is 0 Å². The maximum Gasteiger partial charge on any atom is 0.178 e. The summed E-state index contributed by atoms with van der Waals surface area (Å²) in [5, 5.41) is 1.97. The summed E-state index contributed by atoms with van der Waals surface area (Å²) in [5.41, 5.74) is 4.15. The van der Waals surface area contributed by atoms with Crippen molar-refractivity contribution in [3.05, 3.63) is 167 Å². The van der Waals surface area contributed by atoms with Crippen LogP contribution < -0.4 is 28.4 Å². The van der Waals surface area contributed by atoms with Crippen molar-refractivity contribution in [3.8, 4) is 34.5 Å². The third-order valence-electron chi connectivity index (χ3n) is 15.9. The van der Waals surface area contributed by atoms with E-state index >= 15 is 0 Å². The molecule has 6 heteroatoms. The van der Waals surface area contributed by atoms with Gasteiger partial charge in [0.05, 0.1) is 26.4 Å². The maximum absolute atomic E-state index is 7.63. The zero-order chi connectivity index (χ0) is 54.1. The summed E-state index contributed by atoms with van der Waals surface area (Å²) in [6, 6.07) is 42.7. The normalized spacial score (nSPS) is 13.8. The summed E-state index contributed by atoms with van der Waals surface area (Å²) >= 11 is 0. The number of ether oxygens (including phenoxy) is 6. The molecule has 0 radical (unpaired) electrons. The van der Waals surface area contributed by atoms with Gasteiger partial charge in [0.1, 0.15) is 34.5 Å². The monoisotopic (exact) mass is 1050 g/mol. The summed E-state index contributed by atoms with van der Waals surface area (Å²) in [7, 11) is 0. The topological polar surface area (TPSA) is 55.4 Å². The highest BCUT2D eigenvalue weighted by Crippen LogP contribution is 2.54. The van der Waals surface area contributed by atoms with Crippen molar-refractivity contribution in [1.82, 2.24) is 0 Å². The lowest BCUT2D eigenvalue weighted by Crippen LogP contribution is -2.36. The number of fused-ring (bicyclic) bond motifs is 6. The maximum atomic E-state index is 7.63. The van der Waals surface area contributed by atoms with Gasteiger partial charge in [0.25, 0.3) is 0 Å². The molecule has 6 nitrogen and oxygen atoms in total. The number of rotatable bonds is 36. The zero-order valence-corrected chi connectivity index (χ0v) is 48.1. The average molecular weight is 1050 g/mol. The number of benzene rings is 6. The van der Waals surface area contributed by atoms with Gasteiger partial charge in [-0.1, -0.05) is 229 Å². The molecule has 6 aromatic rings. The van der Waals surface area contributed by atoms with Gasteiger partial charge < -0.3 is 28.4 Å². The van der Waals surface area contributed by atoms with Crippen LogP contribution in [0.1, 0.15) is 215 Å². The Kier molecular flexibility index (Phi) is 23.0. The summed E-state index contributed by atoms with van der Waals surface area (Å²) in [6.07, 6.45) is 38.5. The van der Waals surface area contributed by atoms with Crippen molar-refractivity contribution in [3.63, 3.8) is 0 Å². The van der Waals surface area contributed by atoms with Crippen LogP contribution in [-0.2, 0) is 11.2 Å². The van der Waals surface area contributed by atoms with E-state index in [1.807, 2.05) is 0 Å². The minimum absolute atomic E-state index is 0.715. The summed E-state index contributed by atoms with van der Waals surface area (Å²) in [6.45, 7) is 11.9. The molecule has 0 N–H and O–H groups in total. The van der Waals surface area contributed by atoms with E-state index in [0.717, 1.165) is 104 Å². The fraction of sp³-hybridized carbons (Fsp3) is 0.472. The standard InChI is InChI=1S/C72H92O6/c1-5-9-13-17-21-27-53-73-61-41-33-57(34-42-61)71(58-35-43-62(44-36-58)74-54-28-22-18-14-10-6-2)51-49-67-68-50-52-72(78-70(68)66-32-26-25-31-65(66)69(67)77-71,59-37-45-63(46-38-59)75-55-29-23-19-15-11-7-3)60-39-47-64(48-40-60)76-56-30-24-20-16-12-8-4/h25-26,31-52H,5-24,27-30,53-56H2,1-4H3. The number of hydrogen-bond acceptors (Lipinski definition) is 6. The van der Waals surface area contributed by atoms with Crippen molar-refractivity contribution < 1.29 is 28.4 Å². The fourth-order valence-corrected chi connectivity index (χ4v) is 11.2. The van der Waals surface area contributed by atoms with Crippen LogP contribution in [0.3, 0.4) is 0 Å². The van der Waals surface area contributed by atoms with Crippen LogP contribution in [0, 0.1) is 0 Å². The van der Waals surface area contributed by atoms with E-state index in [2.05, 4.69) is 173 Å². The Labute approximate surface area is 469 Å². The number of unbranched alkanes of at least 4 members (excludes halogenated alkanes) is 20. The molecule has 0 saturated heterocycles. The molecule has 6 aromatic carbocycles. The highest BCUT2D eigenvalue weighted by molar-refractivity contribution is 6.02. The Balaban J connectivity index is 1.11. The van der Waals surface area contributed by atoms with Crippen LogP contribution in [0.5, 0.6) is 34.5 Å². The second-order valence-electron chi connectivity index (χ2n) is 21.9. The predicted octanol–water partition coefficient (Wildman–Crippen LogP) is 20.5. The quantitative estimate of drug-likeness (QED) is 0.0366. The largest absolute Gasteiger partial charge is 0.494 e. The first-order valence-corrected chi connectivity index (χ1v) is 30.8. The molecule has 0 aromatic heterocycles. The van der Waals surface area contributed by atoms with Crippen LogP contribution in [0.25, 0.3) is 22.9 Å². The van der Waals surface area contributed by atoms with E-state index in [0.29, 0.717) is 26.4 Å². The van der Waals surface area contributed by atoms with Gasteiger partial charge in [-0.05, 0) is 98.5 Å². The molecule has 0 atom stereocenters. The van der Waals surface area contributed by atoms with E-state index in [1.54, 1.807) is 0 Å². The Morgan fingerprint density at radius 3 is 0.795 bits per heavy atom. The van der Waals surface area contributed by atoms with Gasteiger partial charge in [-0.2, -0.15) is 0 Å². The van der Waals surface area contributed by atoms with Crippen molar-refractivity contribution in [2.24, 2.45) is 0 Å². The molecule has 0 aliphatic carbocycles. The van der Waals surface area contributed by atoms with Gasteiger partial charge in [-0.3, -0.25) is 0 Å². The molecule has 2 aliphatic rings. The van der Waals surface area contributed by atoms with Crippen molar-refractivity contribution in [2.75, 3.05) is 26.4 Å². The van der Waals surface area contributed by atoms with Gasteiger partial charge in [0.15, 0.2) is 11.2 Å². The van der Waals surface area contributed by atoms with Gasteiger partial charge in [0, 0.05) is 44.2 Å². The van der Waals surface area contributed by atoms with Crippen LogP contribution in [0.4, 0.5) is 0 Å². The molecule has 8 rings (SSSR count). The lowest BCUT2D eigenvalue weighted by Gasteiger charge is -2.40. The van der Waals surface area contributed by atoms with Crippen molar-refractivity contribution in [2.45, 2.75) is 193 Å². The summed E-state index contributed by atoms with van der Waals surface area (Å²) in [5.74, 6) is 5.12. The van der Waals surface area contributed by atoms with Crippen molar-refractivity contribution >= 4 is 22.9 Å². The Morgan fingerprint density at radius 1 is 0.295 bits per heavy atom. The van der Waals surface area contributed by atoms with E-state index in [9.17, 15) is 0 Å². The first kappa shape index (κ1) is 58.0. The van der Waals surface area contributed by atoms with E-state index in [4.69, 9.17) is 28.4 Å². The smallest absolute Gasteiger partial charge is 0.178 e. The molecular weight excluding hydrogens is 961 g/mol. The number of hydrogen-bond donors (Lipinski definition) is 0. The Hall–Kier alpha value is -6.14. The van der Waals surface area contributed by atoms with E-state index in [-0.39, 0.29) is 0 Å². The predicted molar refractivity (Wildman–Crippen MR) is 326 cm³/mol. The Morgan fingerprint density at radius 2 is 0.538 bits per heavy atom. The summed E-state index contributed by atoms with van der Waals surface area (Å²) in [4.78, 5) is 0. The summed E-state index contributed by atoms with van der Waals surface area (Å²) < 4.78 is 40.5. The zero-order valence-electron chi connectivity index (χ0n) is 48.1. The second-order valence-corrected chi connectivity index (χ2v) is 21.9. The van der Waals surface area contributed by atoms with Crippen LogP contribution in [0.2, 0.25) is 0 Å². The third kappa shape index (κ3) is 15.4. The first-order valence-electron chi connectivity index (χ1n) is 30.8. The van der Waals surface area contributed by atoms with E-state index < -0.39 is 11.2 Å². The molecule has 2 heterocycles. The van der Waals surface area contributed by atoms with Crippen LogP contribution in [0.15, 0.2) is 133 Å². The molecule has 0 unspecified atom stereocenters. The molecule has 78 heavy (non-hydrogen) atoms. The van der Waals surface area contributed by atoms with Gasteiger partial charge in [0.2, 0.25) is 0 Å². The lowest BCUT2D eigenvalue weighted by atomic mass is 9.80. The van der Waals surface area contributed by atoms with Crippen molar-refractivity contribution in [1.29, 1.82) is 0 Å². The van der Waals surface area contributed by atoms with E-state index in [1.165, 1.54) is 128 Å². The second kappa shape index (κ2) is 30.9. The SMILES string of the molecule is CCCCCCCCOc1ccc(C2(c3ccc(OCCCCCCCC)cc3)C=Cc3c4c(c5ccccc5c3O2)OC(c2ccc(OCCCCCCCC)cc2)(c2ccc(OCCCCCCCC)cc2)C=C4)cc1. The molecule has 0 amide bonds.